The maximum Gasteiger partial charge on any atom is 0.274 e. The van der Waals surface area contributed by atoms with Gasteiger partial charge < -0.3 is 5.32 Å². The summed E-state index contributed by atoms with van der Waals surface area (Å²) in [6.45, 7) is 3.79. The van der Waals surface area contributed by atoms with Crippen LogP contribution in [0.15, 0.2) is 29.1 Å². The number of hydrogen-bond donors (Lipinski definition) is 1. The Morgan fingerprint density at radius 3 is 2.48 bits per heavy atom. The number of nitrogens with zero attached hydrogens (tertiary/aromatic N) is 2. The van der Waals surface area contributed by atoms with E-state index in [-0.39, 0.29) is 23.6 Å². The molecule has 0 atom stereocenters. The van der Waals surface area contributed by atoms with E-state index in [9.17, 15) is 9.59 Å². The molecule has 2 aromatic rings. The van der Waals surface area contributed by atoms with Gasteiger partial charge in [-0.05, 0) is 32.8 Å². The average Bonchev–Trinajstić information content (AvgIpc) is 2.56. The first-order valence-corrected chi connectivity index (χ1v) is 8.40. The molecule has 5 heteroatoms. The molecule has 1 N–H and O–H groups in total. The van der Waals surface area contributed by atoms with E-state index in [4.69, 9.17) is 0 Å². The SMILES string of the molecule is CC(C)n1nc(C(=O)NC2CCCCC2)c2ccccc2c1=O. The molecule has 1 amide bonds. The molecular weight excluding hydrogens is 290 g/mol. The lowest BCUT2D eigenvalue weighted by molar-refractivity contribution is 0.0922. The fourth-order valence-electron chi connectivity index (χ4n) is 3.22. The Hall–Kier alpha value is -2.17. The van der Waals surface area contributed by atoms with Gasteiger partial charge in [0.1, 0.15) is 0 Å². The lowest BCUT2D eigenvalue weighted by atomic mass is 9.95. The van der Waals surface area contributed by atoms with Crippen molar-refractivity contribution < 1.29 is 4.79 Å². The van der Waals surface area contributed by atoms with Crippen molar-refractivity contribution in [2.75, 3.05) is 0 Å². The van der Waals surface area contributed by atoms with Gasteiger partial charge in [0, 0.05) is 11.4 Å². The minimum absolute atomic E-state index is 0.0895. The van der Waals surface area contributed by atoms with Crippen LogP contribution in [0.4, 0.5) is 0 Å². The van der Waals surface area contributed by atoms with Gasteiger partial charge in [0.25, 0.3) is 11.5 Å². The van der Waals surface area contributed by atoms with Gasteiger partial charge in [0.05, 0.1) is 11.4 Å². The molecule has 1 aromatic carbocycles. The Morgan fingerprint density at radius 1 is 1.17 bits per heavy atom. The molecule has 0 radical (unpaired) electrons. The molecule has 3 rings (SSSR count). The summed E-state index contributed by atoms with van der Waals surface area (Å²) >= 11 is 0. The summed E-state index contributed by atoms with van der Waals surface area (Å²) in [7, 11) is 0. The summed E-state index contributed by atoms with van der Waals surface area (Å²) < 4.78 is 1.40. The van der Waals surface area contributed by atoms with Crippen molar-refractivity contribution in [3.05, 3.63) is 40.3 Å². The Balaban J connectivity index is 2.03. The summed E-state index contributed by atoms with van der Waals surface area (Å²) in [6, 6.07) is 7.34. The number of aromatic nitrogens is 2. The average molecular weight is 313 g/mol. The predicted molar refractivity (Wildman–Crippen MR) is 90.7 cm³/mol. The van der Waals surface area contributed by atoms with Gasteiger partial charge in [-0.1, -0.05) is 37.5 Å². The zero-order chi connectivity index (χ0) is 16.4. The number of nitrogens with one attached hydrogen (secondary N) is 1. The molecule has 1 aliphatic carbocycles. The van der Waals surface area contributed by atoms with Crippen LogP contribution in [0, 0.1) is 0 Å². The van der Waals surface area contributed by atoms with Crippen molar-refractivity contribution in [2.45, 2.75) is 58.0 Å². The highest BCUT2D eigenvalue weighted by molar-refractivity contribution is 6.04. The van der Waals surface area contributed by atoms with E-state index in [1.807, 2.05) is 26.0 Å². The highest BCUT2D eigenvalue weighted by Crippen LogP contribution is 2.19. The Morgan fingerprint density at radius 2 is 1.83 bits per heavy atom. The molecular formula is C18H23N3O2. The molecule has 0 saturated heterocycles. The number of carbonyl (C=O) groups is 1. The monoisotopic (exact) mass is 313 g/mol. The van der Waals surface area contributed by atoms with Crippen LogP contribution in [0.1, 0.15) is 62.5 Å². The Kier molecular flexibility index (Phi) is 4.46. The van der Waals surface area contributed by atoms with Crippen LogP contribution in [-0.2, 0) is 0 Å². The van der Waals surface area contributed by atoms with Crippen LogP contribution < -0.4 is 10.9 Å². The van der Waals surface area contributed by atoms with Crippen LogP contribution in [0.2, 0.25) is 0 Å². The standard InChI is InChI=1S/C18H23N3O2/c1-12(2)21-18(23)15-11-7-6-10-14(15)16(20-21)17(22)19-13-8-4-3-5-9-13/h6-7,10-13H,3-5,8-9H2,1-2H3,(H,19,22). The van der Waals surface area contributed by atoms with E-state index in [0.717, 1.165) is 25.7 Å². The third-order valence-corrected chi connectivity index (χ3v) is 4.47. The van der Waals surface area contributed by atoms with Gasteiger partial charge in [-0.15, -0.1) is 0 Å². The predicted octanol–water partition coefficient (Wildman–Crippen LogP) is 3.04. The number of rotatable bonds is 3. The minimum Gasteiger partial charge on any atom is -0.348 e. The normalized spacial score (nSPS) is 16.0. The van der Waals surface area contributed by atoms with Gasteiger partial charge >= 0.3 is 0 Å². The quantitative estimate of drug-likeness (QED) is 0.947. The number of amides is 1. The molecule has 0 unspecified atom stereocenters. The van der Waals surface area contributed by atoms with Crippen molar-refractivity contribution >= 4 is 16.7 Å². The van der Waals surface area contributed by atoms with E-state index in [1.165, 1.54) is 11.1 Å². The lowest BCUT2D eigenvalue weighted by Crippen LogP contribution is -2.38. The van der Waals surface area contributed by atoms with Crippen molar-refractivity contribution in [1.29, 1.82) is 0 Å². The molecule has 0 spiro atoms. The van der Waals surface area contributed by atoms with Gasteiger partial charge in [-0.3, -0.25) is 9.59 Å². The Labute approximate surface area is 135 Å². The Bertz CT molecular complexity index is 773. The van der Waals surface area contributed by atoms with E-state index in [1.54, 1.807) is 12.1 Å². The van der Waals surface area contributed by atoms with Crippen LogP contribution in [-0.4, -0.2) is 21.7 Å². The van der Waals surface area contributed by atoms with Crippen molar-refractivity contribution in [1.82, 2.24) is 15.1 Å². The van der Waals surface area contributed by atoms with Gasteiger partial charge in [0.2, 0.25) is 0 Å². The molecule has 1 heterocycles. The van der Waals surface area contributed by atoms with Gasteiger partial charge in [0.15, 0.2) is 5.69 Å². The summed E-state index contributed by atoms with van der Waals surface area (Å²) in [6.07, 6.45) is 5.60. The largest absolute Gasteiger partial charge is 0.348 e. The van der Waals surface area contributed by atoms with Crippen LogP contribution >= 0.6 is 0 Å². The molecule has 122 valence electrons. The first-order chi connectivity index (χ1) is 11.1. The molecule has 1 aliphatic rings. The second kappa shape index (κ2) is 6.52. The van der Waals surface area contributed by atoms with E-state index >= 15 is 0 Å². The van der Waals surface area contributed by atoms with Gasteiger partial charge in [-0.2, -0.15) is 5.10 Å². The highest BCUT2D eigenvalue weighted by atomic mass is 16.2. The first-order valence-electron chi connectivity index (χ1n) is 8.40. The van der Waals surface area contributed by atoms with Gasteiger partial charge in [-0.25, -0.2) is 4.68 Å². The van der Waals surface area contributed by atoms with E-state index in [2.05, 4.69) is 10.4 Å². The number of benzene rings is 1. The zero-order valence-electron chi connectivity index (χ0n) is 13.7. The van der Waals surface area contributed by atoms with Crippen molar-refractivity contribution in [3.8, 4) is 0 Å². The topological polar surface area (TPSA) is 64.0 Å². The second-order valence-electron chi connectivity index (χ2n) is 6.55. The zero-order valence-corrected chi connectivity index (χ0v) is 13.7. The van der Waals surface area contributed by atoms with Crippen LogP contribution in [0.5, 0.6) is 0 Å². The molecule has 0 bridgehead atoms. The summed E-state index contributed by atoms with van der Waals surface area (Å²) in [5.74, 6) is -0.178. The third-order valence-electron chi connectivity index (χ3n) is 4.47. The third kappa shape index (κ3) is 3.14. The molecule has 0 aliphatic heterocycles. The van der Waals surface area contributed by atoms with Crippen molar-refractivity contribution in [3.63, 3.8) is 0 Å². The lowest BCUT2D eigenvalue weighted by Gasteiger charge is -2.23. The fraction of sp³-hybridized carbons (Fsp3) is 0.500. The molecule has 23 heavy (non-hydrogen) atoms. The highest BCUT2D eigenvalue weighted by Gasteiger charge is 2.21. The minimum atomic E-state index is -0.178. The smallest absolute Gasteiger partial charge is 0.274 e. The summed E-state index contributed by atoms with van der Waals surface area (Å²) in [5, 5.41) is 8.63. The van der Waals surface area contributed by atoms with E-state index in [0.29, 0.717) is 16.5 Å². The number of carbonyl (C=O) groups excluding carboxylic acids is 1. The molecule has 1 fully saturated rings. The summed E-state index contributed by atoms with van der Waals surface area (Å²) in [5.41, 5.74) is 0.198. The molecule has 1 aromatic heterocycles. The molecule has 5 nitrogen and oxygen atoms in total. The second-order valence-corrected chi connectivity index (χ2v) is 6.55. The summed E-state index contributed by atoms with van der Waals surface area (Å²) in [4.78, 5) is 25.2. The molecule has 1 saturated carbocycles. The first kappa shape index (κ1) is 15.7. The van der Waals surface area contributed by atoms with Crippen LogP contribution in [0.3, 0.4) is 0 Å². The van der Waals surface area contributed by atoms with E-state index < -0.39 is 0 Å². The van der Waals surface area contributed by atoms with Crippen molar-refractivity contribution in [2.24, 2.45) is 0 Å². The number of fused-ring (bicyclic) bond motifs is 1. The number of hydrogen-bond acceptors (Lipinski definition) is 3. The maximum absolute atomic E-state index is 12.7. The fourth-order valence-corrected chi connectivity index (χ4v) is 3.22. The maximum atomic E-state index is 12.7. The van der Waals surface area contributed by atoms with Crippen LogP contribution in [0.25, 0.3) is 10.8 Å².